The third-order valence-corrected chi connectivity index (χ3v) is 5.77. The first-order valence-electron chi connectivity index (χ1n) is 14.4. The van der Waals surface area contributed by atoms with E-state index in [0.717, 1.165) is 56.9 Å². The fraction of sp³-hybridized carbons (Fsp3) is 0.690. The molecular weight excluding hydrogens is 482 g/mol. The molecule has 0 saturated heterocycles. The summed E-state index contributed by atoms with van der Waals surface area (Å²) in [6.45, 7) is 12.7. The van der Waals surface area contributed by atoms with Crippen LogP contribution in [0.5, 0.6) is 0 Å². The topological polar surface area (TPSA) is 82.1 Å². The van der Waals surface area contributed by atoms with Crippen molar-refractivity contribution in [2.24, 2.45) is 0 Å². The first kappa shape index (κ1) is 31.9. The molecule has 0 aliphatic rings. The fourth-order valence-electron chi connectivity index (χ4n) is 3.34. The number of anilines is 2. The zero-order valence-electron chi connectivity index (χ0n) is 24.1. The first-order chi connectivity index (χ1) is 18.7. The summed E-state index contributed by atoms with van der Waals surface area (Å²) in [7, 11) is 0. The van der Waals surface area contributed by atoms with Gasteiger partial charge in [0.1, 0.15) is 26.9 Å². The highest BCUT2D eigenvalue weighted by Crippen LogP contribution is 2.22. The molecule has 0 bridgehead atoms. The van der Waals surface area contributed by atoms with Crippen molar-refractivity contribution in [3.05, 3.63) is 30.3 Å². The van der Waals surface area contributed by atoms with E-state index in [-0.39, 0.29) is 0 Å². The van der Waals surface area contributed by atoms with E-state index in [4.69, 9.17) is 33.9 Å². The SMILES string of the molecule is CCCCOCN(COCCCC)c1nc(-c2ccccc2)nc(N(COCCCC)COCCCC)n1. The third kappa shape index (κ3) is 12.5. The van der Waals surface area contributed by atoms with Crippen LogP contribution in [0.2, 0.25) is 0 Å². The van der Waals surface area contributed by atoms with Crippen molar-refractivity contribution in [1.82, 2.24) is 15.0 Å². The van der Waals surface area contributed by atoms with Crippen molar-refractivity contribution in [3.8, 4) is 11.4 Å². The zero-order chi connectivity index (χ0) is 27.3. The normalized spacial score (nSPS) is 11.2. The van der Waals surface area contributed by atoms with E-state index in [1.165, 1.54) is 0 Å². The summed E-state index contributed by atoms with van der Waals surface area (Å²) in [5.41, 5.74) is 0.912. The molecule has 0 amide bonds. The zero-order valence-corrected chi connectivity index (χ0v) is 24.1. The fourth-order valence-corrected chi connectivity index (χ4v) is 3.34. The van der Waals surface area contributed by atoms with Crippen molar-refractivity contribution >= 4 is 11.9 Å². The predicted molar refractivity (Wildman–Crippen MR) is 153 cm³/mol. The highest BCUT2D eigenvalue weighted by molar-refractivity contribution is 5.58. The number of aromatic nitrogens is 3. The van der Waals surface area contributed by atoms with Crippen molar-refractivity contribution in [1.29, 1.82) is 0 Å². The summed E-state index contributed by atoms with van der Waals surface area (Å²) in [4.78, 5) is 18.4. The molecule has 0 unspecified atom stereocenters. The molecule has 0 N–H and O–H groups in total. The molecule has 0 saturated carbocycles. The molecule has 1 heterocycles. The van der Waals surface area contributed by atoms with Crippen LogP contribution in [0.25, 0.3) is 11.4 Å². The lowest BCUT2D eigenvalue weighted by Crippen LogP contribution is -2.34. The molecule has 2 rings (SSSR count). The second kappa shape index (κ2) is 20.6. The van der Waals surface area contributed by atoms with Crippen molar-refractivity contribution in [2.75, 3.05) is 63.2 Å². The number of ether oxygens (including phenoxy) is 4. The molecule has 0 aliphatic heterocycles. The maximum Gasteiger partial charge on any atom is 0.234 e. The average molecular weight is 532 g/mol. The Hall–Kier alpha value is -2.33. The van der Waals surface area contributed by atoms with Gasteiger partial charge in [0.05, 0.1) is 0 Å². The highest BCUT2D eigenvalue weighted by atomic mass is 16.5. The lowest BCUT2D eigenvalue weighted by molar-refractivity contribution is 0.0795. The number of benzene rings is 1. The number of hydrogen-bond acceptors (Lipinski definition) is 9. The second-order valence-corrected chi connectivity index (χ2v) is 9.27. The lowest BCUT2D eigenvalue weighted by Gasteiger charge is -2.26. The summed E-state index contributed by atoms with van der Waals surface area (Å²) in [5.74, 6) is 1.60. The molecule has 0 atom stereocenters. The van der Waals surface area contributed by atoms with Gasteiger partial charge in [0.2, 0.25) is 11.9 Å². The van der Waals surface area contributed by atoms with Crippen LogP contribution in [0.15, 0.2) is 30.3 Å². The molecule has 2 aromatic rings. The largest absolute Gasteiger partial charge is 0.361 e. The molecule has 0 spiro atoms. The Morgan fingerprint density at radius 2 is 0.895 bits per heavy atom. The average Bonchev–Trinajstić information content (AvgIpc) is 2.95. The Labute approximate surface area is 229 Å². The van der Waals surface area contributed by atoms with E-state index in [9.17, 15) is 0 Å². The van der Waals surface area contributed by atoms with Crippen LogP contribution in [0.3, 0.4) is 0 Å². The van der Waals surface area contributed by atoms with Crippen LogP contribution in [0, 0.1) is 0 Å². The smallest absolute Gasteiger partial charge is 0.234 e. The Morgan fingerprint density at radius 3 is 1.24 bits per heavy atom. The summed E-state index contributed by atoms with van der Waals surface area (Å²) in [6.07, 6.45) is 8.30. The van der Waals surface area contributed by atoms with Crippen LogP contribution in [-0.4, -0.2) is 68.3 Å². The van der Waals surface area contributed by atoms with Gasteiger partial charge in [-0.3, -0.25) is 9.80 Å². The first-order valence-corrected chi connectivity index (χ1v) is 14.4. The summed E-state index contributed by atoms with van der Waals surface area (Å²) in [6, 6.07) is 9.96. The molecule has 38 heavy (non-hydrogen) atoms. The minimum atomic E-state index is 0.337. The van der Waals surface area contributed by atoms with Crippen molar-refractivity contribution < 1.29 is 18.9 Å². The monoisotopic (exact) mass is 531 g/mol. The maximum atomic E-state index is 5.96. The van der Waals surface area contributed by atoms with E-state index in [2.05, 4.69) is 27.7 Å². The quantitative estimate of drug-likeness (QED) is 0.122. The molecule has 214 valence electrons. The minimum absolute atomic E-state index is 0.337. The molecule has 9 heteroatoms. The number of rotatable bonds is 23. The van der Waals surface area contributed by atoms with E-state index >= 15 is 0 Å². The van der Waals surface area contributed by atoms with Gasteiger partial charge >= 0.3 is 0 Å². The van der Waals surface area contributed by atoms with Crippen LogP contribution in [0.1, 0.15) is 79.1 Å². The second-order valence-electron chi connectivity index (χ2n) is 9.27. The number of hydrogen-bond donors (Lipinski definition) is 0. The van der Waals surface area contributed by atoms with Crippen LogP contribution < -0.4 is 9.80 Å². The lowest BCUT2D eigenvalue weighted by atomic mass is 10.2. The summed E-state index contributed by atoms with van der Waals surface area (Å²) in [5, 5.41) is 0. The van der Waals surface area contributed by atoms with Crippen LogP contribution in [-0.2, 0) is 18.9 Å². The van der Waals surface area contributed by atoms with Gasteiger partial charge in [-0.2, -0.15) is 15.0 Å². The molecule has 0 aliphatic carbocycles. The van der Waals surface area contributed by atoms with Gasteiger partial charge in [0, 0.05) is 32.0 Å². The summed E-state index contributed by atoms with van der Waals surface area (Å²) < 4.78 is 23.8. The van der Waals surface area contributed by atoms with E-state index in [1.54, 1.807) is 0 Å². The molecule has 9 nitrogen and oxygen atoms in total. The highest BCUT2D eigenvalue weighted by Gasteiger charge is 2.19. The van der Waals surface area contributed by atoms with Gasteiger partial charge < -0.3 is 18.9 Å². The molecule has 1 aromatic heterocycles. The van der Waals surface area contributed by atoms with E-state index in [1.807, 2.05) is 40.1 Å². The Balaban J connectivity index is 2.38. The Kier molecular flexibility index (Phi) is 17.3. The van der Waals surface area contributed by atoms with Crippen LogP contribution >= 0.6 is 0 Å². The van der Waals surface area contributed by atoms with Gasteiger partial charge in [-0.1, -0.05) is 83.7 Å². The van der Waals surface area contributed by atoms with E-state index < -0.39 is 0 Å². The standard InChI is InChI=1S/C29H49N5O4/c1-5-9-18-35-22-33(23-36-19-10-6-2)28-30-27(26-16-14-13-15-17-26)31-29(32-28)34(24-37-20-11-7-3)25-38-21-12-8-4/h13-17H,5-12,18-25H2,1-4H3. The predicted octanol–water partition coefficient (Wildman–Crippen LogP) is 6.25. The van der Waals surface area contributed by atoms with Gasteiger partial charge in [-0.25, -0.2) is 0 Å². The van der Waals surface area contributed by atoms with Crippen molar-refractivity contribution in [2.45, 2.75) is 79.1 Å². The van der Waals surface area contributed by atoms with Gasteiger partial charge in [0.15, 0.2) is 5.82 Å². The Morgan fingerprint density at radius 1 is 0.526 bits per heavy atom. The summed E-state index contributed by atoms with van der Waals surface area (Å²) >= 11 is 0. The van der Waals surface area contributed by atoms with Gasteiger partial charge in [-0.15, -0.1) is 0 Å². The number of nitrogens with zero attached hydrogens (tertiary/aromatic N) is 5. The van der Waals surface area contributed by atoms with E-state index in [0.29, 0.717) is 71.1 Å². The maximum absolute atomic E-state index is 5.96. The molecule has 0 radical (unpaired) electrons. The molecular formula is C29H49N5O4. The minimum Gasteiger partial charge on any atom is -0.361 e. The Bertz CT molecular complexity index is 773. The van der Waals surface area contributed by atoms with Crippen molar-refractivity contribution in [3.63, 3.8) is 0 Å². The van der Waals surface area contributed by atoms with Gasteiger partial charge in [-0.05, 0) is 25.7 Å². The number of unbranched alkanes of at least 4 members (excludes halogenated alkanes) is 4. The van der Waals surface area contributed by atoms with Crippen LogP contribution in [0.4, 0.5) is 11.9 Å². The molecule has 0 fully saturated rings. The van der Waals surface area contributed by atoms with Gasteiger partial charge in [0.25, 0.3) is 0 Å². The molecule has 1 aromatic carbocycles. The third-order valence-electron chi connectivity index (χ3n) is 5.77.